The third-order valence-electron chi connectivity index (χ3n) is 4.43. The van der Waals surface area contributed by atoms with Crippen molar-refractivity contribution in [3.05, 3.63) is 86.4 Å². The van der Waals surface area contributed by atoms with Gasteiger partial charge in [-0.05, 0) is 49.2 Å². The maximum atomic E-state index is 13.6. The molecule has 1 heterocycles. The van der Waals surface area contributed by atoms with Crippen molar-refractivity contribution in [3.63, 3.8) is 0 Å². The van der Waals surface area contributed by atoms with Crippen LogP contribution in [0.25, 0.3) is 5.69 Å². The third-order valence-corrected chi connectivity index (χ3v) is 4.43. The topological polar surface area (TPSA) is 82.3 Å². The minimum absolute atomic E-state index is 0.271. The molecule has 0 atom stereocenters. The molecule has 0 unspecified atom stereocenters. The van der Waals surface area contributed by atoms with E-state index in [4.69, 9.17) is 4.74 Å². The van der Waals surface area contributed by atoms with Gasteiger partial charge in [0.15, 0.2) is 0 Å². The molecule has 29 heavy (non-hydrogen) atoms. The summed E-state index contributed by atoms with van der Waals surface area (Å²) in [5.74, 6) is -0.531. The van der Waals surface area contributed by atoms with Gasteiger partial charge in [0.1, 0.15) is 18.1 Å². The molecule has 0 spiro atoms. The van der Waals surface area contributed by atoms with Crippen LogP contribution < -0.4 is 21.2 Å². The van der Waals surface area contributed by atoms with Crippen LogP contribution in [0.1, 0.15) is 11.1 Å². The summed E-state index contributed by atoms with van der Waals surface area (Å²) in [6, 6.07) is 9.27. The average molecular weight is 397 g/mol. The van der Waals surface area contributed by atoms with Gasteiger partial charge in [0, 0.05) is 12.4 Å². The van der Waals surface area contributed by atoms with E-state index < -0.39 is 22.8 Å². The summed E-state index contributed by atoms with van der Waals surface area (Å²) in [5, 5.41) is 2.68. The highest BCUT2D eigenvalue weighted by molar-refractivity contribution is 5.92. The summed E-state index contributed by atoms with van der Waals surface area (Å²) in [6.45, 7) is 3.22. The van der Waals surface area contributed by atoms with Crippen LogP contribution in [0.4, 0.5) is 10.1 Å². The zero-order valence-corrected chi connectivity index (χ0v) is 16.2. The molecule has 150 valence electrons. The number of halogens is 1. The van der Waals surface area contributed by atoms with Crippen molar-refractivity contribution < 1.29 is 13.9 Å². The zero-order valence-electron chi connectivity index (χ0n) is 16.2. The average Bonchev–Trinajstić information content (AvgIpc) is 2.68. The number of methoxy groups -OCH3 is 1. The van der Waals surface area contributed by atoms with Gasteiger partial charge in [-0.15, -0.1) is 0 Å². The van der Waals surface area contributed by atoms with Crippen molar-refractivity contribution in [2.75, 3.05) is 12.4 Å². The Kier molecular flexibility index (Phi) is 5.63. The Hall–Kier alpha value is -3.68. The molecule has 0 bridgehead atoms. The molecule has 3 aromatic rings. The summed E-state index contributed by atoms with van der Waals surface area (Å²) in [5.41, 5.74) is 0.536. The number of carbonyl (C=O) groups excluding carboxylic acids is 1. The highest BCUT2D eigenvalue weighted by atomic mass is 19.1. The normalized spacial score (nSPS) is 10.6. The van der Waals surface area contributed by atoms with Crippen molar-refractivity contribution in [2.24, 2.45) is 0 Å². The van der Waals surface area contributed by atoms with E-state index >= 15 is 0 Å². The summed E-state index contributed by atoms with van der Waals surface area (Å²) >= 11 is 0. The molecule has 1 amide bonds. The molecular weight excluding hydrogens is 377 g/mol. The Morgan fingerprint density at radius 3 is 2.55 bits per heavy atom. The highest BCUT2D eigenvalue weighted by Crippen LogP contribution is 2.25. The number of amides is 1. The Morgan fingerprint density at radius 2 is 1.83 bits per heavy atom. The Morgan fingerprint density at radius 1 is 1.07 bits per heavy atom. The van der Waals surface area contributed by atoms with Gasteiger partial charge in [-0.2, -0.15) is 0 Å². The lowest BCUT2D eigenvalue weighted by atomic mass is 10.2. The van der Waals surface area contributed by atoms with Crippen molar-refractivity contribution in [1.82, 2.24) is 9.13 Å². The lowest BCUT2D eigenvalue weighted by Crippen LogP contribution is -2.41. The minimum atomic E-state index is -0.887. The van der Waals surface area contributed by atoms with E-state index in [0.717, 1.165) is 14.7 Å². The number of aromatic nitrogens is 2. The van der Waals surface area contributed by atoms with E-state index in [-0.39, 0.29) is 12.2 Å². The van der Waals surface area contributed by atoms with Crippen LogP contribution in [0, 0.1) is 19.7 Å². The van der Waals surface area contributed by atoms with Gasteiger partial charge in [-0.3, -0.25) is 23.5 Å². The number of anilines is 1. The molecule has 1 aromatic heterocycles. The van der Waals surface area contributed by atoms with E-state index in [9.17, 15) is 18.8 Å². The monoisotopic (exact) mass is 397 g/mol. The number of nitrogens with zero attached hydrogens (tertiary/aromatic N) is 2. The molecule has 1 N–H and O–H groups in total. The summed E-state index contributed by atoms with van der Waals surface area (Å²) in [4.78, 5) is 37.3. The molecule has 0 aliphatic heterocycles. The molecule has 2 aromatic carbocycles. The highest BCUT2D eigenvalue weighted by Gasteiger charge is 2.13. The summed E-state index contributed by atoms with van der Waals surface area (Å²) in [7, 11) is 1.48. The lowest BCUT2D eigenvalue weighted by Gasteiger charge is -2.13. The number of aryl methyl sites for hydroxylation is 2. The molecule has 7 nitrogen and oxygen atoms in total. The van der Waals surface area contributed by atoms with Crippen LogP contribution in [-0.4, -0.2) is 22.2 Å². The number of ether oxygens (including phenoxy) is 1. The lowest BCUT2D eigenvalue weighted by molar-refractivity contribution is -0.116. The van der Waals surface area contributed by atoms with Crippen molar-refractivity contribution in [1.29, 1.82) is 0 Å². The van der Waals surface area contributed by atoms with Gasteiger partial charge < -0.3 is 10.1 Å². The molecule has 0 radical (unpaired) electrons. The first-order chi connectivity index (χ1) is 13.8. The second-order valence-corrected chi connectivity index (χ2v) is 6.59. The van der Waals surface area contributed by atoms with E-state index in [1.165, 1.54) is 37.7 Å². The molecule has 0 saturated heterocycles. The van der Waals surface area contributed by atoms with Gasteiger partial charge in [-0.25, -0.2) is 4.39 Å². The predicted octanol–water partition coefficient (Wildman–Crippen LogP) is 2.40. The maximum absolute atomic E-state index is 13.6. The molecule has 0 aliphatic rings. The van der Waals surface area contributed by atoms with Crippen LogP contribution in [0.15, 0.2) is 58.4 Å². The molecule has 8 heteroatoms. The van der Waals surface area contributed by atoms with Crippen molar-refractivity contribution in [3.8, 4) is 11.4 Å². The first kappa shape index (κ1) is 20.1. The van der Waals surface area contributed by atoms with E-state index in [2.05, 4.69) is 5.32 Å². The van der Waals surface area contributed by atoms with E-state index in [0.29, 0.717) is 17.0 Å². The van der Waals surface area contributed by atoms with Crippen molar-refractivity contribution >= 4 is 11.6 Å². The molecule has 3 rings (SSSR count). The molecule has 0 saturated carbocycles. The Bertz CT molecular complexity index is 1200. The molecule has 0 aliphatic carbocycles. The fourth-order valence-corrected chi connectivity index (χ4v) is 2.93. The summed E-state index contributed by atoms with van der Waals surface area (Å²) < 4.78 is 20.8. The minimum Gasteiger partial charge on any atom is -0.495 e. The Balaban J connectivity index is 1.88. The second-order valence-electron chi connectivity index (χ2n) is 6.59. The number of carbonyl (C=O) groups is 1. The second kappa shape index (κ2) is 8.14. The van der Waals surface area contributed by atoms with Gasteiger partial charge in [0.05, 0.1) is 18.5 Å². The SMILES string of the molecule is COc1ccc(C)cc1NC(=O)Cn1ccn(-c2cc(F)ccc2C)c(=O)c1=O. The van der Waals surface area contributed by atoms with Crippen molar-refractivity contribution in [2.45, 2.75) is 20.4 Å². The summed E-state index contributed by atoms with van der Waals surface area (Å²) in [6.07, 6.45) is 2.66. The predicted molar refractivity (Wildman–Crippen MR) is 107 cm³/mol. The van der Waals surface area contributed by atoms with Crippen LogP contribution in [0.3, 0.4) is 0 Å². The first-order valence-electron chi connectivity index (χ1n) is 8.83. The van der Waals surface area contributed by atoms with Gasteiger partial charge in [0.2, 0.25) is 5.91 Å². The van der Waals surface area contributed by atoms with E-state index in [1.54, 1.807) is 19.1 Å². The number of hydrogen-bond donors (Lipinski definition) is 1. The molecule has 0 fully saturated rings. The van der Waals surface area contributed by atoms with Gasteiger partial charge in [-0.1, -0.05) is 12.1 Å². The largest absolute Gasteiger partial charge is 0.495 e. The Labute approximate surface area is 166 Å². The number of rotatable bonds is 5. The maximum Gasteiger partial charge on any atom is 0.320 e. The van der Waals surface area contributed by atoms with Crippen LogP contribution in [-0.2, 0) is 11.3 Å². The van der Waals surface area contributed by atoms with Crippen LogP contribution in [0.2, 0.25) is 0 Å². The first-order valence-corrected chi connectivity index (χ1v) is 8.83. The zero-order chi connectivity index (χ0) is 21.1. The molecular formula is C21H20FN3O4. The number of benzene rings is 2. The van der Waals surface area contributed by atoms with Gasteiger partial charge in [0.25, 0.3) is 0 Å². The van der Waals surface area contributed by atoms with Gasteiger partial charge >= 0.3 is 11.1 Å². The number of nitrogens with one attached hydrogen (secondary N) is 1. The fraction of sp³-hybridized carbons (Fsp3) is 0.190. The fourth-order valence-electron chi connectivity index (χ4n) is 2.93. The third kappa shape index (κ3) is 4.26. The number of hydrogen-bond acceptors (Lipinski definition) is 4. The van der Waals surface area contributed by atoms with Crippen LogP contribution >= 0.6 is 0 Å². The smallest absolute Gasteiger partial charge is 0.320 e. The van der Waals surface area contributed by atoms with E-state index in [1.807, 2.05) is 13.0 Å². The van der Waals surface area contributed by atoms with Crippen LogP contribution in [0.5, 0.6) is 5.75 Å². The quantitative estimate of drug-likeness (QED) is 0.671. The standard InChI is InChI=1S/C21H20FN3O4/c1-13-4-7-18(29-3)16(10-13)23-19(26)12-24-8-9-25(21(28)20(24)27)17-11-15(22)6-5-14(17)2/h4-11H,12H2,1-3H3,(H,23,26).